The Balaban J connectivity index is 2.50. The Morgan fingerprint density at radius 3 is 3.07 bits per heavy atom. The fourth-order valence-electron chi connectivity index (χ4n) is 1.31. The van der Waals surface area contributed by atoms with E-state index >= 15 is 0 Å². The largest absolute Gasteiger partial charge is 0.326 e. The SMILES string of the molecule is N#Cc1nccn1-c1cncc(CN)c1. The molecule has 2 N–H and O–H groups in total. The van der Waals surface area contributed by atoms with E-state index in [1.54, 1.807) is 29.4 Å². The van der Waals surface area contributed by atoms with E-state index in [0.29, 0.717) is 12.4 Å². The van der Waals surface area contributed by atoms with Crippen molar-refractivity contribution in [2.75, 3.05) is 0 Å². The van der Waals surface area contributed by atoms with Gasteiger partial charge in [0.25, 0.3) is 0 Å². The summed E-state index contributed by atoms with van der Waals surface area (Å²) in [6.07, 6.45) is 6.66. The van der Waals surface area contributed by atoms with Gasteiger partial charge in [-0.1, -0.05) is 0 Å². The number of nitriles is 1. The number of aromatic nitrogens is 3. The van der Waals surface area contributed by atoms with Crippen molar-refractivity contribution in [2.24, 2.45) is 5.73 Å². The Morgan fingerprint density at radius 2 is 2.33 bits per heavy atom. The molecule has 2 heterocycles. The second-order valence-electron chi connectivity index (χ2n) is 2.99. The average Bonchev–Trinajstić information content (AvgIpc) is 2.77. The third kappa shape index (κ3) is 1.71. The molecular formula is C10H9N5. The molecule has 5 nitrogen and oxygen atoms in total. The van der Waals surface area contributed by atoms with Crippen LogP contribution in [-0.2, 0) is 6.54 Å². The van der Waals surface area contributed by atoms with E-state index in [4.69, 9.17) is 11.0 Å². The fraction of sp³-hybridized carbons (Fsp3) is 0.100. The minimum atomic E-state index is 0.339. The van der Waals surface area contributed by atoms with Crippen molar-refractivity contribution >= 4 is 0 Å². The maximum Gasteiger partial charge on any atom is 0.217 e. The molecule has 0 radical (unpaired) electrons. The number of nitrogens with two attached hydrogens (primary N) is 1. The van der Waals surface area contributed by atoms with Gasteiger partial charge in [0.15, 0.2) is 0 Å². The van der Waals surface area contributed by atoms with Gasteiger partial charge in [0.2, 0.25) is 5.82 Å². The smallest absolute Gasteiger partial charge is 0.217 e. The summed E-state index contributed by atoms with van der Waals surface area (Å²) < 4.78 is 1.67. The van der Waals surface area contributed by atoms with Gasteiger partial charge in [-0.3, -0.25) is 9.55 Å². The molecule has 0 bridgehead atoms. The van der Waals surface area contributed by atoms with E-state index in [-0.39, 0.29) is 0 Å². The first-order valence-electron chi connectivity index (χ1n) is 4.43. The summed E-state index contributed by atoms with van der Waals surface area (Å²) in [7, 11) is 0. The highest BCUT2D eigenvalue weighted by molar-refractivity contribution is 5.35. The van der Waals surface area contributed by atoms with Crippen LogP contribution in [0, 0.1) is 11.3 Å². The van der Waals surface area contributed by atoms with E-state index in [9.17, 15) is 0 Å². The van der Waals surface area contributed by atoms with E-state index < -0.39 is 0 Å². The number of imidazole rings is 1. The van der Waals surface area contributed by atoms with Gasteiger partial charge in [-0.25, -0.2) is 4.98 Å². The van der Waals surface area contributed by atoms with Crippen LogP contribution in [0.5, 0.6) is 0 Å². The number of nitrogens with zero attached hydrogens (tertiary/aromatic N) is 4. The molecule has 0 aliphatic carbocycles. The Labute approximate surface area is 86.8 Å². The predicted molar refractivity (Wildman–Crippen MR) is 54.0 cm³/mol. The van der Waals surface area contributed by atoms with Crippen LogP contribution in [0.15, 0.2) is 30.9 Å². The van der Waals surface area contributed by atoms with Gasteiger partial charge in [0, 0.05) is 25.1 Å². The van der Waals surface area contributed by atoms with Crippen molar-refractivity contribution in [3.63, 3.8) is 0 Å². The lowest BCUT2D eigenvalue weighted by Crippen LogP contribution is -2.01. The minimum Gasteiger partial charge on any atom is -0.326 e. The molecule has 0 aromatic carbocycles. The lowest BCUT2D eigenvalue weighted by molar-refractivity contribution is 0.978. The molecule has 2 rings (SSSR count). The first-order valence-corrected chi connectivity index (χ1v) is 4.43. The predicted octanol–water partition coefficient (Wildman–Crippen LogP) is 0.598. The van der Waals surface area contributed by atoms with Crippen LogP contribution in [0.1, 0.15) is 11.4 Å². The molecule has 0 saturated carbocycles. The second-order valence-corrected chi connectivity index (χ2v) is 2.99. The quantitative estimate of drug-likeness (QED) is 0.767. The normalized spacial score (nSPS) is 9.87. The molecule has 0 aliphatic heterocycles. The summed E-state index contributed by atoms with van der Waals surface area (Å²) in [6, 6.07) is 3.89. The summed E-state index contributed by atoms with van der Waals surface area (Å²) in [5.41, 5.74) is 7.23. The molecule has 0 saturated heterocycles. The molecule has 2 aromatic heterocycles. The summed E-state index contributed by atoms with van der Waals surface area (Å²) in [5.74, 6) is 0.339. The number of pyridine rings is 1. The molecule has 0 fully saturated rings. The van der Waals surface area contributed by atoms with Gasteiger partial charge in [-0.15, -0.1) is 0 Å². The van der Waals surface area contributed by atoms with E-state index in [0.717, 1.165) is 11.3 Å². The van der Waals surface area contributed by atoms with Gasteiger partial charge < -0.3 is 5.73 Å². The summed E-state index contributed by atoms with van der Waals surface area (Å²) in [5, 5.41) is 8.82. The Morgan fingerprint density at radius 1 is 1.47 bits per heavy atom. The van der Waals surface area contributed by atoms with Crippen LogP contribution in [0.2, 0.25) is 0 Å². The highest BCUT2D eigenvalue weighted by Gasteiger charge is 2.04. The average molecular weight is 199 g/mol. The first-order chi connectivity index (χ1) is 7.35. The van der Waals surface area contributed by atoms with Crippen LogP contribution >= 0.6 is 0 Å². The molecule has 0 aliphatic rings. The van der Waals surface area contributed by atoms with Crippen LogP contribution in [0.4, 0.5) is 0 Å². The van der Waals surface area contributed by atoms with Crippen molar-refractivity contribution in [2.45, 2.75) is 6.54 Å². The van der Waals surface area contributed by atoms with Crippen molar-refractivity contribution in [1.29, 1.82) is 5.26 Å². The van der Waals surface area contributed by atoms with Gasteiger partial charge >= 0.3 is 0 Å². The fourth-order valence-corrected chi connectivity index (χ4v) is 1.31. The van der Waals surface area contributed by atoms with Gasteiger partial charge in [-0.2, -0.15) is 5.26 Å². The first kappa shape index (κ1) is 9.37. The summed E-state index contributed by atoms with van der Waals surface area (Å²) in [6.45, 7) is 0.428. The number of hydrogen-bond donors (Lipinski definition) is 1. The van der Waals surface area contributed by atoms with Crippen LogP contribution < -0.4 is 5.73 Å². The highest BCUT2D eigenvalue weighted by Crippen LogP contribution is 2.10. The Hall–Kier alpha value is -2.19. The minimum absolute atomic E-state index is 0.339. The van der Waals surface area contributed by atoms with Crippen molar-refractivity contribution in [3.05, 3.63) is 42.2 Å². The van der Waals surface area contributed by atoms with Gasteiger partial charge in [0.05, 0.1) is 11.9 Å². The molecule has 15 heavy (non-hydrogen) atoms. The third-order valence-corrected chi connectivity index (χ3v) is 2.04. The van der Waals surface area contributed by atoms with Crippen LogP contribution in [0.3, 0.4) is 0 Å². The molecule has 0 atom stereocenters. The molecule has 5 heteroatoms. The molecule has 0 unspecified atom stereocenters. The van der Waals surface area contributed by atoms with E-state index in [2.05, 4.69) is 9.97 Å². The zero-order valence-electron chi connectivity index (χ0n) is 7.96. The number of rotatable bonds is 2. The molecule has 74 valence electrons. The molecule has 0 spiro atoms. The zero-order chi connectivity index (χ0) is 10.7. The lowest BCUT2D eigenvalue weighted by Gasteiger charge is -2.04. The Kier molecular flexibility index (Phi) is 2.44. The topological polar surface area (TPSA) is 80.5 Å². The van der Waals surface area contributed by atoms with E-state index in [1.807, 2.05) is 12.1 Å². The molecule has 2 aromatic rings. The summed E-state index contributed by atoms with van der Waals surface area (Å²) in [4.78, 5) is 7.96. The lowest BCUT2D eigenvalue weighted by atomic mass is 10.2. The second kappa shape index (κ2) is 3.90. The van der Waals surface area contributed by atoms with Crippen LogP contribution in [0.25, 0.3) is 5.69 Å². The van der Waals surface area contributed by atoms with Crippen molar-refractivity contribution in [1.82, 2.24) is 14.5 Å². The van der Waals surface area contributed by atoms with Gasteiger partial charge in [0.1, 0.15) is 6.07 Å². The molecule has 0 amide bonds. The van der Waals surface area contributed by atoms with Crippen LogP contribution in [-0.4, -0.2) is 14.5 Å². The third-order valence-electron chi connectivity index (χ3n) is 2.04. The highest BCUT2D eigenvalue weighted by atomic mass is 15.1. The van der Waals surface area contributed by atoms with Crippen molar-refractivity contribution in [3.8, 4) is 11.8 Å². The maximum absolute atomic E-state index is 8.82. The molecular weight excluding hydrogens is 190 g/mol. The monoisotopic (exact) mass is 199 g/mol. The zero-order valence-corrected chi connectivity index (χ0v) is 7.96. The maximum atomic E-state index is 8.82. The van der Waals surface area contributed by atoms with Crippen molar-refractivity contribution < 1.29 is 0 Å². The van der Waals surface area contributed by atoms with E-state index in [1.165, 1.54) is 0 Å². The Bertz CT molecular complexity index is 509. The van der Waals surface area contributed by atoms with Gasteiger partial charge in [-0.05, 0) is 11.6 Å². The standard InChI is InChI=1S/C10H9N5/c11-4-8-3-9(7-13-6-8)15-2-1-14-10(15)5-12/h1-3,6-7H,4,11H2. The number of hydrogen-bond acceptors (Lipinski definition) is 4. The summed E-state index contributed by atoms with van der Waals surface area (Å²) >= 11 is 0.